The first-order valence-electron chi connectivity index (χ1n) is 11.3. The molecule has 2 aromatic carbocycles. The van der Waals surface area contributed by atoms with Gasteiger partial charge < -0.3 is 25.0 Å². The van der Waals surface area contributed by atoms with Crippen molar-refractivity contribution in [1.29, 1.82) is 0 Å². The number of anilines is 3. The van der Waals surface area contributed by atoms with Crippen LogP contribution in [0.15, 0.2) is 49.3 Å². The summed E-state index contributed by atoms with van der Waals surface area (Å²) in [7, 11) is 1.55. The van der Waals surface area contributed by atoms with E-state index in [2.05, 4.69) is 27.2 Å². The van der Waals surface area contributed by atoms with E-state index in [9.17, 15) is 14.0 Å². The Kier molecular flexibility index (Phi) is 9.62. The van der Waals surface area contributed by atoms with Crippen LogP contribution >= 0.6 is 24.0 Å². The molecule has 196 valence electrons. The lowest BCUT2D eigenvalue weighted by Gasteiger charge is -2.23. The Hall–Kier alpha value is -3.47. The Morgan fingerprint density at radius 3 is 2.84 bits per heavy atom. The number of fused-ring (bicyclic) bond motifs is 1. The molecule has 1 aliphatic rings. The predicted molar refractivity (Wildman–Crippen MR) is 142 cm³/mol. The van der Waals surface area contributed by atoms with Gasteiger partial charge in [0.15, 0.2) is 5.82 Å². The summed E-state index contributed by atoms with van der Waals surface area (Å²) in [6, 6.07) is 7.26. The number of methoxy groups -OCH3 is 1. The summed E-state index contributed by atoms with van der Waals surface area (Å²) in [4.78, 5) is 35.4. The predicted octanol–water partition coefficient (Wildman–Crippen LogP) is 4.73. The van der Waals surface area contributed by atoms with Gasteiger partial charge in [-0.2, -0.15) is 0 Å². The zero-order valence-corrected chi connectivity index (χ0v) is 21.6. The molecule has 37 heavy (non-hydrogen) atoms. The number of carbonyl (C=O) groups is 2. The Morgan fingerprint density at radius 2 is 2.08 bits per heavy atom. The van der Waals surface area contributed by atoms with Crippen molar-refractivity contribution < 1.29 is 23.5 Å². The maximum atomic E-state index is 14.5. The number of likely N-dealkylation sites (tertiary alicyclic amines) is 1. The second-order valence-corrected chi connectivity index (χ2v) is 8.45. The molecular formula is C25H26Cl2FN5O4. The first-order chi connectivity index (χ1) is 17.4. The summed E-state index contributed by atoms with van der Waals surface area (Å²) in [5.41, 5.74) is 0.994. The molecule has 3 aromatic rings. The normalized spacial score (nSPS) is 14.7. The van der Waals surface area contributed by atoms with Crippen LogP contribution in [-0.4, -0.2) is 59.6 Å². The number of carbonyl (C=O) groups excluding carboxylic acids is 2. The SMILES string of the molecule is C=CC(=O)N1CCC[C@H]1C(=O)Nc1cc2c(Nc3cccc(Cl)c3F)ncnc2cc1OCCOC.Cl. The zero-order valence-electron chi connectivity index (χ0n) is 20.0. The summed E-state index contributed by atoms with van der Waals surface area (Å²) >= 11 is 5.91. The van der Waals surface area contributed by atoms with Crippen LogP contribution in [0, 0.1) is 5.82 Å². The van der Waals surface area contributed by atoms with E-state index in [-0.39, 0.29) is 41.5 Å². The molecule has 1 atom stereocenters. The summed E-state index contributed by atoms with van der Waals surface area (Å²) in [6.45, 7) is 4.56. The number of nitrogens with one attached hydrogen (secondary N) is 2. The van der Waals surface area contributed by atoms with Gasteiger partial charge in [0.2, 0.25) is 11.8 Å². The summed E-state index contributed by atoms with van der Waals surface area (Å²) in [5, 5.41) is 6.30. The van der Waals surface area contributed by atoms with Crippen LogP contribution in [0.4, 0.5) is 21.6 Å². The minimum absolute atomic E-state index is 0. The fraction of sp³-hybridized carbons (Fsp3) is 0.280. The van der Waals surface area contributed by atoms with E-state index < -0.39 is 11.9 Å². The van der Waals surface area contributed by atoms with Crippen molar-refractivity contribution in [3.63, 3.8) is 0 Å². The highest BCUT2D eigenvalue weighted by Crippen LogP contribution is 2.35. The van der Waals surface area contributed by atoms with Crippen molar-refractivity contribution in [3.05, 3.63) is 60.2 Å². The van der Waals surface area contributed by atoms with Crippen molar-refractivity contribution in [1.82, 2.24) is 14.9 Å². The highest BCUT2D eigenvalue weighted by Gasteiger charge is 2.33. The number of hydrogen-bond acceptors (Lipinski definition) is 7. The average molecular weight is 550 g/mol. The monoisotopic (exact) mass is 549 g/mol. The quantitative estimate of drug-likeness (QED) is 0.293. The van der Waals surface area contributed by atoms with Gasteiger partial charge in [0, 0.05) is 25.1 Å². The van der Waals surface area contributed by atoms with Crippen LogP contribution in [0.2, 0.25) is 5.02 Å². The Morgan fingerprint density at radius 1 is 1.27 bits per heavy atom. The van der Waals surface area contributed by atoms with Gasteiger partial charge in [-0.1, -0.05) is 24.2 Å². The van der Waals surface area contributed by atoms with Gasteiger partial charge in [-0.15, -0.1) is 12.4 Å². The lowest BCUT2D eigenvalue weighted by atomic mass is 10.1. The van der Waals surface area contributed by atoms with E-state index in [0.29, 0.717) is 54.2 Å². The maximum Gasteiger partial charge on any atom is 0.247 e. The lowest BCUT2D eigenvalue weighted by molar-refractivity contribution is -0.132. The fourth-order valence-electron chi connectivity index (χ4n) is 4.00. The molecule has 4 rings (SSSR count). The Bertz CT molecular complexity index is 1310. The summed E-state index contributed by atoms with van der Waals surface area (Å²) in [6.07, 6.45) is 3.77. The van der Waals surface area contributed by atoms with E-state index in [1.807, 2.05) is 0 Å². The van der Waals surface area contributed by atoms with Crippen molar-refractivity contribution in [2.75, 3.05) is 37.5 Å². The first-order valence-corrected chi connectivity index (χ1v) is 11.7. The molecule has 12 heteroatoms. The van der Waals surface area contributed by atoms with Crippen LogP contribution < -0.4 is 15.4 Å². The van der Waals surface area contributed by atoms with Crippen molar-refractivity contribution >= 4 is 63.9 Å². The van der Waals surface area contributed by atoms with Gasteiger partial charge in [-0.05, 0) is 37.1 Å². The molecule has 1 fully saturated rings. The molecule has 1 saturated heterocycles. The third kappa shape index (κ3) is 6.27. The van der Waals surface area contributed by atoms with Crippen LogP contribution in [0.25, 0.3) is 10.9 Å². The smallest absolute Gasteiger partial charge is 0.247 e. The first kappa shape index (κ1) is 28.1. The molecule has 1 aliphatic heterocycles. The molecule has 0 aliphatic carbocycles. The highest BCUT2D eigenvalue weighted by atomic mass is 35.5. The van der Waals surface area contributed by atoms with E-state index in [4.69, 9.17) is 21.1 Å². The number of amides is 2. The number of rotatable bonds is 9. The second-order valence-electron chi connectivity index (χ2n) is 8.04. The fourth-order valence-corrected chi connectivity index (χ4v) is 4.17. The summed E-state index contributed by atoms with van der Waals surface area (Å²) < 4.78 is 25.4. The van der Waals surface area contributed by atoms with E-state index in [1.165, 1.54) is 29.4 Å². The molecule has 1 aromatic heterocycles. The third-order valence-corrected chi connectivity index (χ3v) is 6.05. The molecule has 0 unspecified atom stereocenters. The molecule has 2 N–H and O–H groups in total. The third-order valence-electron chi connectivity index (χ3n) is 5.76. The largest absolute Gasteiger partial charge is 0.489 e. The van der Waals surface area contributed by atoms with Gasteiger partial charge in [0.05, 0.1) is 28.5 Å². The number of halogens is 3. The summed E-state index contributed by atoms with van der Waals surface area (Å²) in [5.74, 6) is -0.597. The van der Waals surface area contributed by atoms with Crippen molar-refractivity contribution in [3.8, 4) is 5.75 Å². The standard InChI is InChI=1S/C25H25ClFN5O4.ClH/c1-3-22(33)32-9-5-8-20(32)25(34)31-19-12-15-18(13-21(19)36-11-10-35-2)28-14-29-24(15)30-17-7-4-6-16(26)23(17)27;/h3-4,6-7,12-14,20H,1,5,8-11H2,2H3,(H,31,34)(H,28,29,30);1H/t20-;/m0./s1. The Balaban J connectivity index is 0.00000380. The van der Waals surface area contributed by atoms with Crippen molar-refractivity contribution in [2.24, 2.45) is 0 Å². The van der Waals surface area contributed by atoms with Crippen LogP contribution in [0.1, 0.15) is 12.8 Å². The minimum atomic E-state index is -0.636. The van der Waals surface area contributed by atoms with Gasteiger partial charge in [-0.25, -0.2) is 14.4 Å². The van der Waals surface area contributed by atoms with Gasteiger partial charge in [0.1, 0.15) is 30.5 Å². The average Bonchev–Trinajstić information content (AvgIpc) is 3.37. The van der Waals surface area contributed by atoms with Crippen LogP contribution in [0.5, 0.6) is 5.75 Å². The molecule has 2 amide bonds. The van der Waals surface area contributed by atoms with E-state index in [1.54, 1.807) is 25.3 Å². The molecular weight excluding hydrogens is 524 g/mol. The molecule has 0 bridgehead atoms. The maximum absolute atomic E-state index is 14.5. The highest BCUT2D eigenvalue weighted by molar-refractivity contribution is 6.31. The zero-order chi connectivity index (χ0) is 25.7. The minimum Gasteiger partial charge on any atom is -0.489 e. The van der Waals surface area contributed by atoms with E-state index in [0.717, 1.165) is 0 Å². The molecule has 0 saturated carbocycles. The topological polar surface area (TPSA) is 106 Å². The van der Waals surface area contributed by atoms with Gasteiger partial charge >= 0.3 is 0 Å². The Labute approximate surface area is 224 Å². The molecule has 2 heterocycles. The molecule has 0 spiro atoms. The lowest BCUT2D eigenvalue weighted by Crippen LogP contribution is -2.42. The number of nitrogens with zero attached hydrogens (tertiary/aromatic N) is 3. The number of ether oxygens (including phenoxy) is 2. The number of benzene rings is 2. The van der Waals surface area contributed by atoms with Crippen LogP contribution in [-0.2, 0) is 14.3 Å². The van der Waals surface area contributed by atoms with Crippen LogP contribution in [0.3, 0.4) is 0 Å². The molecule has 9 nitrogen and oxygen atoms in total. The molecule has 0 radical (unpaired) electrons. The van der Waals surface area contributed by atoms with E-state index >= 15 is 0 Å². The second kappa shape index (κ2) is 12.7. The number of hydrogen-bond donors (Lipinski definition) is 2. The number of aromatic nitrogens is 2. The van der Waals surface area contributed by atoms with Crippen molar-refractivity contribution in [2.45, 2.75) is 18.9 Å². The van der Waals surface area contributed by atoms with Gasteiger partial charge in [-0.3, -0.25) is 9.59 Å². The van der Waals surface area contributed by atoms with Gasteiger partial charge in [0.25, 0.3) is 0 Å².